The Kier molecular flexibility index (Phi) is 3.53. The fourth-order valence-electron chi connectivity index (χ4n) is 3.34. The molecule has 0 unspecified atom stereocenters. The van der Waals surface area contributed by atoms with Gasteiger partial charge in [-0.2, -0.15) is 5.26 Å². The Hall–Kier alpha value is -2.35. The summed E-state index contributed by atoms with van der Waals surface area (Å²) in [6, 6.07) is 6.23. The number of fused-ring (bicyclic) bond motifs is 1. The highest BCUT2D eigenvalue weighted by Crippen LogP contribution is 2.47. The number of aryl methyl sites for hydroxylation is 1. The Bertz CT molecular complexity index is 792. The minimum Gasteiger partial charge on any atom is -0.461 e. The van der Waals surface area contributed by atoms with Crippen LogP contribution in [-0.2, 0) is 13.0 Å². The Labute approximate surface area is 135 Å². The largest absolute Gasteiger partial charge is 0.461 e. The van der Waals surface area contributed by atoms with Crippen molar-refractivity contribution in [1.82, 2.24) is 14.8 Å². The van der Waals surface area contributed by atoms with Crippen molar-refractivity contribution in [3.8, 4) is 6.07 Å². The van der Waals surface area contributed by atoms with E-state index >= 15 is 0 Å². The van der Waals surface area contributed by atoms with Crippen molar-refractivity contribution < 1.29 is 4.42 Å². The highest BCUT2D eigenvalue weighted by molar-refractivity contribution is 5.86. The van der Waals surface area contributed by atoms with E-state index in [1.54, 1.807) is 6.08 Å². The molecule has 0 N–H and O–H groups in total. The molecule has 1 aliphatic heterocycles. The maximum atomic E-state index is 9.56. The second-order valence-corrected chi connectivity index (χ2v) is 6.63. The quantitative estimate of drug-likeness (QED) is 0.809. The van der Waals surface area contributed by atoms with E-state index in [4.69, 9.17) is 4.42 Å². The SMILES string of the molecule is C[C@H]1C[C@@H]1c1ccc(/C=C(\C#N)c2nnc3n2CCCCC3)o1. The van der Waals surface area contributed by atoms with Gasteiger partial charge in [0.25, 0.3) is 0 Å². The first-order valence-corrected chi connectivity index (χ1v) is 8.40. The molecule has 1 saturated carbocycles. The summed E-state index contributed by atoms with van der Waals surface area (Å²) in [6.07, 6.45) is 7.38. The third-order valence-corrected chi connectivity index (χ3v) is 4.88. The molecular weight excluding hydrogens is 288 g/mol. The van der Waals surface area contributed by atoms with Crippen molar-refractivity contribution in [3.05, 3.63) is 35.3 Å². The van der Waals surface area contributed by atoms with Crippen LogP contribution in [0.1, 0.15) is 61.7 Å². The lowest BCUT2D eigenvalue weighted by Gasteiger charge is -2.05. The molecule has 1 fully saturated rings. The summed E-state index contributed by atoms with van der Waals surface area (Å²) in [6.45, 7) is 3.12. The van der Waals surface area contributed by atoms with Gasteiger partial charge in [0.05, 0.1) is 0 Å². The first-order valence-electron chi connectivity index (χ1n) is 8.40. The number of furan rings is 1. The van der Waals surface area contributed by atoms with Gasteiger partial charge in [-0.1, -0.05) is 13.3 Å². The van der Waals surface area contributed by atoms with E-state index in [1.165, 1.54) is 12.8 Å². The molecule has 2 aromatic rings. The van der Waals surface area contributed by atoms with E-state index in [2.05, 4.69) is 27.8 Å². The first-order chi connectivity index (χ1) is 11.3. The van der Waals surface area contributed by atoms with Crippen LogP contribution in [0.15, 0.2) is 16.5 Å². The Morgan fingerprint density at radius 3 is 3.00 bits per heavy atom. The van der Waals surface area contributed by atoms with Gasteiger partial charge in [0, 0.05) is 25.0 Å². The average molecular weight is 308 g/mol. The zero-order valence-corrected chi connectivity index (χ0v) is 13.3. The molecule has 23 heavy (non-hydrogen) atoms. The highest BCUT2D eigenvalue weighted by Gasteiger charge is 2.36. The lowest BCUT2D eigenvalue weighted by Crippen LogP contribution is -2.05. The van der Waals surface area contributed by atoms with Gasteiger partial charge < -0.3 is 8.98 Å². The smallest absolute Gasteiger partial charge is 0.174 e. The van der Waals surface area contributed by atoms with Crippen LogP contribution in [0, 0.1) is 17.2 Å². The van der Waals surface area contributed by atoms with Crippen LogP contribution in [0.4, 0.5) is 0 Å². The molecule has 1 aliphatic carbocycles. The van der Waals surface area contributed by atoms with Gasteiger partial charge in [0.2, 0.25) is 0 Å². The molecule has 2 atom stereocenters. The number of nitrogens with zero attached hydrogens (tertiary/aromatic N) is 4. The number of aromatic nitrogens is 3. The number of allylic oxidation sites excluding steroid dienone is 1. The van der Waals surface area contributed by atoms with Crippen molar-refractivity contribution in [2.75, 3.05) is 0 Å². The average Bonchev–Trinajstić information content (AvgIpc) is 3.00. The van der Waals surface area contributed by atoms with Gasteiger partial charge >= 0.3 is 0 Å². The summed E-state index contributed by atoms with van der Waals surface area (Å²) in [7, 11) is 0. The lowest BCUT2D eigenvalue weighted by atomic mass is 10.2. The first kappa shape index (κ1) is 14.3. The standard InChI is InChI=1S/C18H20N4O/c1-12-9-15(12)16-7-6-14(23-16)10-13(11-19)18-21-20-17-5-3-2-4-8-22(17)18/h6-7,10,12,15H,2-5,8-9H2,1H3/b13-10+/t12-,15-/m0/s1. The Morgan fingerprint density at radius 2 is 2.22 bits per heavy atom. The van der Waals surface area contributed by atoms with E-state index in [9.17, 15) is 5.26 Å². The molecule has 5 nitrogen and oxygen atoms in total. The van der Waals surface area contributed by atoms with Crippen molar-refractivity contribution in [2.45, 2.75) is 51.5 Å². The Balaban J connectivity index is 1.65. The van der Waals surface area contributed by atoms with Crippen molar-refractivity contribution in [2.24, 2.45) is 5.92 Å². The lowest BCUT2D eigenvalue weighted by molar-refractivity contribution is 0.498. The summed E-state index contributed by atoms with van der Waals surface area (Å²) in [4.78, 5) is 0. The van der Waals surface area contributed by atoms with Crippen molar-refractivity contribution >= 4 is 11.6 Å². The van der Waals surface area contributed by atoms with Crippen molar-refractivity contribution in [3.63, 3.8) is 0 Å². The number of rotatable bonds is 3. The molecule has 2 aromatic heterocycles. The predicted octanol–water partition coefficient (Wildman–Crippen LogP) is 3.79. The monoisotopic (exact) mass is 308 g/mol. The van der Waals surface area contributed by atoms with Gasteiger partial charge in [-0.3, -0.25) is 0 Å². The predicted molar refractivity (Wildman–Crippen MR) is 86.3 cm³/mol. The van der Waals surface area contributed by atoms with Crippen molar-refractivity contribution in [1.29, 1.82) is 5.26 Å². The summed E-state index contributed by atoms with van der Waals surface area (Å²) in [5.41, 5.74) is 0.524. The van der Waals surface area contributed by atoms with Gasteiger partial charge in [0.15, 0.2) is 5.82 Å². The third-order valence-electron chi connectivity index (χ3n) is 4.88. The van der Waals surface area contributed by atoms with Crippen LogP contribution < -0.4 is 0 Å². The number of hydrogen-bond acceptors (Lipinski definition) is 4. The zero-order valence-electron chi connectivity index (χ0n) is 13.3. The summed E-state index contributed by atoms with van der Waals surface area (Å²) in [5, 5.41) is 18.1. The summed E-state index contributed by atoms with van der Waals surface area (Å²) < 4.78 is 7.98. The van der Waals surface area contributed by atoms with Crippen LogP contribution in [0.25, 0.3) is 11.6 Å². The maximum absolute atomic E-state index is 9.56. The van der Waals surface area contributed by atoms with Crippen LogP contribution >= 0.6 is 0 Å². The summed E-state index contributed by atoms with van der Waals surface area (Å²) >= 11 is 0. The molecule has 0 aromatic carbocycles. The fourth-order valence-corrected chi connectivity index (χ4v) is 3.34. The molecule has 4 rings (SSSR count). The molecule has 2 aliphatic rings. The molecule has 0 radical (unpaired) electrons. The molecule has 0 saturated heterocycles. The van der Waals surface area contributed by atoms with Gasteiger partial charge in [-0.15, -0.1) is 10.2 Å². The topological polar surface area (TPSA) is 67.6 Å². The van der Waals surface area contributed by atoms with Gasteiger partial charge in [-0.25, -0.2) is 0 Å². The van der Waals surface area contributed by atoms with Gasteiger partial charge in [-0.05, 0) is 37.3 Å². The summed E-state index contributed by atoms with van der Waals surface area (Å²) in [5.74, 6) is 4.67. The third kappa shape index (κ3) is 2.70. The van der Waals surface area contributed by atoms with E-state index in [-0.39, 0.29) is 0 Å². The second-order valence-electron chi connectivity index (χ2n) is 6.63. The van der Waals surface area contributed by atoms with Crippen LogP contribution in [0.2, 0.25) is 0 Å². The number of hydrogen-bond donors (Lipinski definition) is 0. The minimum absolute atomic E-state index is 0.524. The fraction of sp³-hybridized carbons (Fsp3) is 0.500. The highest BCUT2D eigenvalue weighted by atomic mass is 16.3. The van der Waals surface area contributed by atoms with Gasteiger partial charge in [0.1, 0.15) is 29.0 Å². The minimum atomic E-state index is 0.524. The normalized spacial score (nSPS) is 23.9. The molecule has 0 bridgehead atoms. The van der Waals surface area contributed by atoms with E-state index in [0.29, 0.717) is 23.2 Å². The Morgan fingerprint density at radius 1 is 1.35 bits per heavy atom. The molecule has 0 amide bonds. The number of nitriles is 1. The van der Waals surface area contributed by atoms with Crippen LogP contribution in [0.5, 0.6) is 0 Å². The van der Waals surface area contributed by atoms with E-state index < -0.39 is 0 Å². The molecule has 3 heterocycles. The molecule has 118 valence electrons. The zero-order chi connectivity index (χ0) is 15.8. The van der Waals surface area contributed by atoms with Crippen LogP contribution in [0.3, 0.4) is 0 Å². The van der Waals surface area contributed by atoms with E-state index in [1.807, 2.05) is 12.1 Å². The van der Waals surface area contributed by atoms with E-state index in [0.717, 1.165) is 43.2 Å². The second kappa shape index (κ2) is 5.69. The maximum Gasteiger partial charge on any atom is 0.174 e. The molecule has 0 spiro atoms. The van der Waals surface area contributed by atoms with Crippen LogP contribution in [-0.4, -0.2) is 14.8 Å². The molecular formula is C18H20N4O. The molecule has 5 heteroatoms.